The molecule has 1 atom stereocenters. The molecule has 1 N–H and O–H groups in total. The van der Waals surface area contributed by atoms with Crippen LogP contribution < -0.4 is 0 Å². The van der Waals surface area contributed by atoms with Crippen LogP contribution in [0, 0.1) is 0 Å². The van der Waals surface area contributed by atoms with Crippen molar-refractivity contribution in [1.29, 1.82) is 0 Å². The molecule has 0 amide bonds. The minimum absolute atomic E-state index is 0.0606. The maximum Gasteiger partial charge on any atom is 0.104 e. The van der Waals surface area contributed by atoms with Gasteiger partial charge in [0.2, 0.25) is 0 Å². The van der Waals surface area contributed by atoms with Gasteiger partial charge in [-0.15, -0.1) is 0 Å². The van der Waals surface area contributed by atoms with Gasteiger partial charge in [-0.25, -0.2) is 0 Å². The van der Waals surface area contributed by atoms with Gasteiger partial charge >= 0.3 is 0 Å². The fourth-order valence-corrected chi connectivity index (χ4v) is 3.72. The molecular formula is C26H54O3. The topological polar surface area (TPSA) is 38.7 Å². The zero-order valence-electron chi connectivity index (χ0n) is 20.1. The van der Waals surface area contributed by atoms with Gasteiger partial charge in [0, 0.05) is 13.2 Å². The van der Waals surface area contributed by atoms with Crippen molar-refractivity contribution in [3.8, 4) is 0 Å². The number of hydrogen-bond donors (Lipinski definition) is 1. The molecule has 0 heterocycles. The van der Waals surface area contributed by atoms with Crippen LogP contribution in [0.5, 0.6) is 0 Å². The highest BCUT2D eigenvalue weighted by molar-refractivity contribution is 4.55. The largest absolute Gasteiger partial charge is 0.394 e. The molecular weight excluding hydrogens is 360 g/mol. The van der Waals surface area contributed by atoms with Crippen LogP contribution in [0.4, 0.5) is 0 Å². The number of rotatable bonds is 25. The summed E-state index contributed by atoms with van der Waals surface area (Å²) in [6.45, 7) is 6.60. The van der Waals surface area contributed by atoms with Gasteiger partial charge in [0.15, 0.2) is 0 Å². The lowest BCUT2D eigenvalue weighted by Gasteiger charge is -2.15. The van der Waals surface area contributed by atoms with Crippen LogP contribution in [-0.4, -0.2) is 37.6 Å². The number of ether oxygens (including phenoxy) is 2. The Hall–Kier alpha value is -0.120. The van der Waals surface area contributed by atoms with Gasteiger partial charge in [0.25, 0.3) is 0 Å². The molecule has 176 valence electrons. The summed E-state index contributed by atoms with van der Waals surface area (Å²) in [6.07, 6.45) is 25.6. The van der Waals surface area contributed by atoms with Gasteiger partial charge in [-0.3, -0.25) is 0 Å². The van der Waals surface area contributed by atoms with Crippen molar-refractivity contribution in [3.05, 3.63) is 0 Å². The summed E-state index contributed by atoms with van der Waals surface area (Å²) in [5.74, 6) is 0. The van der Waals surface area contributed by atoms with Crippen LogP contribution in [0.3, 0.4) is 0 Å². The molecule has 3 heteroatoms. The molecule has 29 heavy (non-hydrogen) atoms. The molecule has 0 spiro atoms. The maximum absolute atomic E-state index is 9.32. The lowest BCUT2D eigenvalue weighted by molar-refractivity contribution is -0.0437. The lowest BCUT2D eigenvalue weighted by atomic mass is 10.0. The van der Waals surface area contributed by atoms with Crippen molar-refractivity contribution < 1.29 is 14.6 Å². The Morgan fingerprint density at radius 2 is 0.897 bits per heavy atom. The molecule has 0 aromatic heterocycles. The van der Waals surface area contributed by atoms with E-state index in [9.17, 15) is 5.11 Å². The number of aliphatic hydroxyl groups excluding tert-OH is 1. The fraction of sp³-hybridized carbons (Fsp3) is 1.00. The van der Waals surface area contributed by atoms with Crippen LogP contribution in [0.2, 0.25) is 0 Å². The van der Waals surface area contributed by atoms with E-state index in [1.807, 2.05) is 0 Å². The van der Waals surface area contributed by atoms with Crippen LogP contribution >= 0.6 is 0 Å². The minimum Gasteiger partial charge on any atom is -0.394 e. The predicted octanol–water partition coefficient (Wildman–Crippen LogP) is 7.83. The molecule has 0 aromatic carbocycles. The molecule has 0 rings (SSSR count). The van der Waals surface area contributed by atoms with E-state index in [0.29, 0.717) is 6.61 Å². The first kappa shape index (κ1) is 28.9. The Balaban J connectivity index is 3.16. The summed E-state index contributed by atoms with van der Waals surface area (Å²) in [6, 6.07) is 0. The van der Waals surface area contributed by atoms with E-state index >= 15 is 0 Å². The van der Waals surface area contributed by atoms with E-state index < -0.39 is 0 Å². The summed E-state index contributed by atoms with van der Waals surface area (Å²) in [5, 5.41) is 9.32. The second-order valence-electron chi connectivity index (χ2n) is 8.76. The van der Waals surface area contributed by atoms with E-state index in [-0.39, 0.29) is 12.7 Å². The summed E-state index contributed by atoms with van der Waals surface area (Å²) in [4.78, 5) is 0. The smallest absolute Gasteiger partial charge is 0.104 e. The summed E-state index contributed by atoms with van der Waals surface area (Å²) in [5.41, 5.74) is 0. The van der Waals surface area contributed by atoms with Crippen LogP contribution in [0.15, 0.2) is 0 Å². The molecule has 0 aliphatic heterocycles. The molecule has 0 fully saturated rings. The summed E-state index contributed by atoms with van der Waals surface area (Å²) in [7, 11) is 0. The van der Waals surface area contributed by atoms with E-state index in [1.165, 1.54) is 109 Å². The Bertz CT molecular complexity index is 283. The maximum atomic E-state index is 9.32. The molecule has 0 bridgehead atoms. The third-order valence-corrected chi connectivity index (χ3v) is 5.75. The molecule has 0 aliphatic carbocycles. The number of unbranched alkanes of at least 4 members (excludes halogenated alkanes) is 17. The van der Waals surface area contributed by atoms with Gasteiger partial charge in [-0.05, 0) is 12.8 Å². The van der Waals surface area contributed by atoms with Crippen LogP contribution in [-0.2, 0) is 9.47 Å². The van der Waals surface area contributed by atoms with Gasteiger partial charge in [0.05, 0.1) is 13.2 Å². The SMILES string of the molecule is CCCCCCCCCCCCCCCCCCOCC(CO)OCCCCC. The highest BCUT2D eigenvalue weighted by atomic mass is 16.5. The molecule has 0 saturated carbocycles. The van der Waals surface area contributed by atoms with E-state index in [0.717, 1.165) is 26.1 Å². The second-order valence-corrected chi connectivity index (χ2v) is 8.76. The zero-order chi connectivity index (χ0) is 21.3. The van der Waals surface area contributed by atoms with Crippen molar-refractivity contribution in [2.75, 3.05) is 26.4 Å². The quantitative estimate of drug-likeness (QED) is 0.155. The van der Waals surface area contributed by atoms with Crippen LogP contribution in [0.1, 0.15) is 136 Å². The highest BCUT2D eigenvalue weighted by Gasteiger charge is 2.07. The number of aliphatic hydroxyl groups is 1. The van der Waals surface area contributed by atoms with Crippen molar-refractivity contribution in [2.45, 2.75) is 142 Å². The summed E-state index contributed by atoms with van der Waals surface area (Å²) < 4.78 is 11.3. The van der Waals surface area contributed by atoms with Crippen molar-refractivity contribution in [1.82, 2.24) is 0 Å². The third kappa shape index (κ3) is 24.0. The van der Waals surface area contributed by atoms with E-state index in [4.69, 9.17) is 9.47 Å². The second kappa shape index (κ2) is 25.9. The first-order chi connectivity index (χ1) is 14.3. The molecule has 0 aromatic rings. The fourth-order valence-electron chi connectivity index (χ4n) is 3.72. The average molecular weight is 415 g/mol. The first-order valence-electron chi connectivity index (χ1n) is 13.1. The number of hydrogen-bond acceptors (Lipinski definition) is 3. The molecule has 3 nitrogen and oxygen atoms in total. The Morgan fingerprint density at radius 3 is 1.34 bits per heavy atom. The monoisotopic (exact) mass is 414 g/mol. The van der Waals surface area contributed by atoms with Crippen molar-refractivity contribution in [2.24, 2.45) is 0 Å². The van der Waals surface area contributed by atoms with Crippen LogP contribution in [0.25, 0.3) is 0 Å². The van der Waals surface area contributed by atoms with E-state index in [2.05, 4.69) is 13.8 Å². The van der Waals surface area contributed by atoms with E-state index in [1.54, 1.807) is 0 Å². The lowest BCUT2D eigenvalue weighted by Crippen LogP contribution is -2.24. The zero-order valence-corrected chi connectivity index (χ0v) is 20.1. The third-order valence-electron chi connectivity index (χ3n) is 5.75. The average Bonchev–Trinajstić information content (AvgIpc) is 2.74. The normalized spacial score (nSPS) is 12.5. The first-order valence-corrected chi connectivity index (χ1v) is 13.1. The predicted molar refractivity (Wildman–Crippen MR) is 127 cm³/mol. The van der Waals surface area contributed by atoms with Gasteiger partial charge in [-0.2, -0.15) is 0 Å². The Morgan fingerprint density at radius 1 is 0.517 bits per heavy atom. The van der Waals surface area contributed by atoms with Crippen molar-refractivity contribution >= 4 is 0 Å². The summed E-state index contributed by atoms with van der Waals surface area (Å²) >= 11 is 0. The Labute approximate surface area is 183 Å². The van der Waals surface area contributed by atoms with Crippen molar-refractivity contribution in [3.63, 3.8) is 0 Å². The van der Waals surface area contributed by atoms with Gasteiger partial charge in [0.1, 0.15) is 6.10 Å². The molecule has 0 radical (unpaired) electrons. The molecule has 0 saturated heterocycles. The molecule has 1 unspecified atom stereocenters. The molecule has 0 aliphatic rings. The highest BCUT2D eigenvalue weighted by Crippen LogP contribution is 2.13. The van der Waals surface area contributed by atoms with Gasteiger partial charge < -0.3 is 14.6 Å². The van der Waals surface area contributed by atoms with Gasteiger partial charge in [-0.1, -0.05) is 123 Å². The minimum atomic E-state index is -0.145. The Kier molecular flexibility index (Phi) is 25.8. The standard InChI is InChI=1S/C26H54O3/c1-3-5-7-8-9-10-11-12-13-14-15-16-17-18-19-21-22-28-25-26(24-27)29-23-20-6-4-2/h26-27H,3-25H2,1-2H3.